The number of phenols is 2. The van der Waals surface area contributed by atoms with Crippen molar-refractivity contribution in [2.45, 2.75) is 65.6 Å². The van der Waals surface area contributed by atoms with Gasteiger partial charge in [-0.1, -0.05) is 40.9 Å². The summed E-state index contributed by atoms with van der Waals surface area (Å²) in [6.07, 6.45) is -0.517. The summed E-state index contributed by atoms with van der Waals surface area (Å²) in [5, 5.41) is 36.5. The molecule has 4 bridgehead atoms. The Kier molecular flexibility index (Phi) is 8.77. The van der Waals surface area contributed by atoms with Crippen LogP contribution in [-0.4, -0.2) is 100.0 Å². The number of alkyl halides is 3. The van der Waals surface area contributed by atoms with Crippen LogP contribution in [0.3, 0.4) is 0 Å². The fraction of sp³-hybridized carbons (Fsp3) is 0.531. The number of ether oxygens (including phenoxy) is 5. The first-order chi connectivity index (χ1) is 23.3. The average molecular weight is 756 g/mol. The molecule has 0 radical (unpaired) electrons. The Morgan fingerprint density at radius 3 is 2.59 bits per heavy atom. The van der Waals surface area contributed by atoms with Crippen LogP contribution >= 0.6 is 46.6 Å². The van der Waals surface area contributed by atoms with E-state index in [0.717, 1.165) is 11.1 Å². The van der Waals surface area contributed by atoms with Crippen molar-refractivity contribution in [2.75, 3.05) is 39.9 Å². The molecule has 0 aromatic heterocycles. The Balaban J connectivity index is 1.41. The van der Waals surface area contributed by atoms with Gasteiger partial charge in [-0.05, 0) is 38.4 Å². The van der Waals surface area contributed by atoms with Crippen molar-refractivity contribution in [1.82, 2.24) is 15.1 Å². The number of likely N-dealkylation sites (N-methyl/N-ethyl adjacent to an activating group) is 1. The molecule has 5 heterocycles. The molecule has 262 valence electrons. The van der Waals surface area contributed by atoms with Crippen molar-refractivity contribution in [3.05, 3.63) is 39.4 Å². The van der Waals surface area contributed by atoms with Gasteiger partial charge in [-0.25, -0.2) is 9.59 Å². The van der Waals surface area contributed by atoms with Crippen molar-refractivity contribution in [1.29, 1.82) is 5.26 Å². The summed E-state index contributed by atoms with van der Waals surface area (Å²) in [6, 6.07) is 0.514. The quantitative estimate of drug-likeness (QED) is 0.297. The molecule has 5 aliphatic rings. The van der Waals surface area contributed by atoms with Crippen LogP contribution in [0.15, 0.2) is 6.07 Å². The topological polar surface area (TPSA) is 163 Å². The van der Waals surface area contributed by atoms with Gasteiger partial charge in [0.25, 0.3) is 0 Å². The molecule has 0 saturated carbocycles. The molecular weight excluding hydrogens is 723 g/mol. The minimum Gasteiger partial charge on any atom is -0.507 e. The number of hydrogen-bond donors (Lipinski definition) is 3. The number of amides is 1. The number of piperazine rings is 1. The van der Waals surface area contributed by atoms with E-state index < -0.39 is 57.9 Å². The Morgan fingerprint density at radius 2 is 1.90 bits per heavy atom. The second kappa shape index (κ2) is 12.5. The van der Waals surface area contributed by atoms with E-state index in [-0.39, 0.29) is 36.7 Å². The van der Waals surface area contributed by atoms with E-state index in [2.05, 4.69) is 21.2 Å². The number of nitrogens with one attached hydrogen (secondary N) is 1. The number of methoxy groups -OCH3 is 1. The Hall–Kier alpha value is -3.19. The van der Waals surface area contributed by atoms with Gasteiger partial charge in [-0.3, -0.25) is 9.80 Å². The molecule has 0 aliphatic carbocycles. The lowest BCUT2D eigenvalue weighted by Crippen LogP contribution is -2.69. The highest BCUT2D eigenvalue weighted by atomic mass is 35.6. The number of carbonyl (C=O) groups is 2. The molecule has 5 aliphatic heterocycles. The molecule has 13 nitrogen and oxygen atoms in total. The number of benzene rings is 2. The summed E-state index contributed by atoms with van der Waals surface area (Å²) in [6.45, 7) is 2.72. The number of cyclic esters (lactones) is 1. The number of carbonyl (C=O) groups excluding carboxylic acids is 2. The fourth-order valence-corrected chi connectivity index (χ4v) is 9.81. The van der Waals surface area contributed by atoms with Crippen molar-refractivity contribution < 1.29 is 43.5 Å². The molecule has 49 heavy (non-hydrogen) atoms. The SMILES string of the molecule is COc1c(C)cc2c(c1O)[C@@H]1C3[C@@H]4SC[C@@H](NC(=O)OCC(Cl)(Cl)Cl)C(=O)OC[C@@H](c5c6c(c(C)c(O)c54)OCO6)N3[C@@H](C#N)[C@H](C2)N1C. The third-order valence-corrected chi connectivity index (χ3v) is 11.8. The molecule has 2 saturated heterocycles. The van der Waals surface area contributed by atoms with Crippen LogP contribution in [0.4, 0.5) is 4.79 Å². The first-order valence-corrected chi connectivity index (χ1v) is 17.7. The second-order valence-electron chi connectivity index (χ2n) is 12.7. The normalized spacial score (nSPS) is 28.8. The maximum absolute atomic E-state index is 13.6. The van der Waals surface area contributed by atoms with Gasteiger partial charge in [0, 0.05) is 40.1 Å². The van der Waals surface area contributed by atoms with Gasteiger partial charge in [-0.15, -0.1) is 11.8 Å². The van der Waals surface area contributed by atoms with Crippen LogP contribution in [0.2, 0.25) is 0 Å². The summed E-state index contributed by atoms with van der Waals surface area (Å²) in [5.41, 5.74) is 3.92. The number of fused-ring (bicyclic) bond motifs is 9. The second-order valence-corrected chi connectivity index (χ2v) is 16.4. The molecule has 2 aromatic carbocycles. The predicted octanol–water partition coefficient (Wildman–Crippen LogP) is 4.48. The lowest BCUT2D eigenvalue weighted by Gasteiger charge is -2.61. The number of nitrogens with zero attached hydrogens (tertiary/aromatic N) is 3. The van der Waals surface area contributed by atoms with Crippen molar-refractivity contribution in [3.8, 4) is 34.8 Å². The molecule has 0 spiro atoms. The van der Waals surface area contributed by atoms with Crippen LogP contribution in [-0.2, 0) is 20.7 Å². The molecule has 3 N–H and O–H groups in total. The van der Waals surface area contributed by atoms with Crippen molar-refractivity contribution in [2.24, 2.45) is 0 Å². The summed E-state index contributed by atoms with van der Waals surface area (Å²) in [4.78, 5) is 30.4. The van der Waals surface area contributed by atoms with E-state index >= 15 is 0 Å². The van der Waals surface area contributed by atoms with Crippen LogP contribution < -0.4 is 19.5 Å². The lowest BCUT2D eigenvalue weighted by molar-refractivity contribution is -0.151. The number of aryl methyl sites for hydroxylation is 1. The fourth-order valence-electron chi connectivity index (χ4n) is 8.14. The zero-order chi connectivity index (χ0) is 35.1. The highest BCUT2D eigenvalue weighted by Crippen LogP contribution is 2.63. The van der Waals surface area contributed by atoms with Gasteiger partial charge in [0.1, 0.15) is 31.0 Å². The minimum atomic E-state index is -1.86. The van der Waals surface area contributed by atoms with Crippen molar-refractivity contribution >= 4 is 58.6 Å². The lowest BCUT2D eigenvalue weighted by atomic mass is 9.71. The van der Waals surface area contributed by atoms with E-state index in [1.54, 1.807) is 6.92 Å². The van der Waals surface area contributed by atoms with E-state index in [0.29, 0.717) is 45.9 Å². The van der Waals surface area contributed by atoms with Crippen molar-refractivity contribution in [3.63, 3.8) is 0 Å². The Labute approximate surface area is 301 Å². The molecule has 7 atom stereocenters. The summed E-state index contributed by atoms with van der Waals surface area (Å²) < 4.78 is 26.5. The number of aromatic hydroxyl groups is 2. The molecule has 2 aromatic rings. The number of alkyl carbamates (subject to hydrolysis) is 1. The minimum absolute atomic E-state index is 0.00936. The van der Waals surface area contributed by atoms with Gasteiger partial charge >= 0.3 is 12.1 Å². The maximum atomic E-state index is 13.6. The monoisotopic (exact) mass is 754 g/mol. The molecular formula is C32H33Cl3N4O9S. The number of esters is 1. The van der Waals surface area contributed by atoms with Crippen LogP contribution in [0.1, 0.15) is 50.7 Å². The zero-order valence-electron chi connectivity index (χ0n) is 26.8. The third-order valence-electron chi connectivity index (χ3n) is 10.1. The summed E-state index contributed by atoms with van der Waals surface area (Å²) in [5.74, 6) is 0.388. The van der Waals surface area contributed by atoms with Gasteiger partial charge in [0.05, 0.1) is 30.5 Å². The maximum Gasteiger partial charge on any atom is 0.408 e. The number of phenolic OH excluding ortho intramolecular Hbond substituents is 2. The van der Waals surface area contributed by atoms with E-state index in [9.17, 15) is 25.1 Å². The first kappa shape index (κ1) is 34.3. The molecule has 1 amide bonds. The molecule has 1 unspecified atom stereocenters. The highest BCUT2D eigenvalue weighted by molar-refractivity contribution is 7.99. The smallest absolute Gasteiger partial charge is 0.408 e. The molecule has 2 fully saturated rings. The van der Waals surface area contributed by atoms with Gasteiger partial charge in [0.2, 0.25) is 10.6 Å². The first-order valence-electron chi connectivity index (χ1n) is 15.5. The summed E-state index contributed by atoms with van der Waals surface area (Å²) >= 11 is 18.5. The standard InChI is InChI=1S/C32H33Cl3N4O9S/c1-12-5-14-6-16-17(7-36)39-18-8-45-30(42)15(37-31(43)46-10-32(33,34)35)9-49-29(21-20(18)28-27(47-11-48-28)13(2)24(21)40)23(39)22(38(16)3)19(14)25(41)26(12)44-4/h5,15-18,22-23,29,40-41H,6,8-11H2,1-4H3,(H,37,43)/t15-,16+,17+,18+,22-,23?,29-/m1/s1. The van der Waals surface area contributed by atoms with Crippen LogP contribution in [0.5, 0.6) is 28.7 Å². The number of rotatable bonds is 3. The highest BCUT2D eigenvalue weighted by Gasteiger charge is 2.60. The largest absolute Gasteiger partial charge is 0.507 e. The van der Waals surface area contributed by atoms with Gasteiger partial charge in [0.15, 0.2) is 23.0 Å². The number of nitriles is 1. The molecule has 17 heteroatoms. The van der Waals surface area contributed by atoms with E-state index in [1.807, 2.05) is 20.0 Å². The third kappa shape index (κ3) is 5.45. The Bertz CT molecular complexity index is 1790. The number of thioether (sulfide) groups is 1. The summed E-state index contributed by atoms with van der Waals surface area (Å²) in [7, 11) is 3.43. The van der Waals surface area contributed by atoms with E-state index in [4.69, 9.17) is 58.5 Å². The van der Waals surface area contributed by atoms with E-state index in [1.165, 1.54) is 18.9 Å². The zero-order valence-corrected chi connectivity index (χ0v) is 29.9. The molecule has 7 rings (SSSR count). The Morgan fingerprint density at radius 1 is 1.16 bits per heavy atom. The van der Waals surface area contributed by atoms with Gasteiger partial charge < -0.3 is 39.2 Å². The van der Waals surface area contributed by atoms with Gasteiger partial charge in [-0.2, -0.15) is 5.26 Å². The van der Waals surface area contributed by atoms with Crippen LogP contribution in [0, 0.1) is 25.2 Å². The number of halogens is 3. The number of hydrogen-bond acceptors (Lipinski definition) is 13. The predicted molar refractivity (Wildman–Crippen MR) is 179 cm³/mol. The van der Waals surface area contributed by atoms with Crippen LogP contribution in [0.25, 0.3) is 0 Å². The average Bonchev–Trinajstić information content (AvgIpc) is 3.54.